The minimum Gasteiger partial charge on any atom is -0.480 e. The van der Waals surface area contributed by atoms with Crippen LogP contribution in [0, 0.1) is 5.82 Å². The highest BCUT2D eigenvalue weighted by atomic mass is 79.9. The van der Waals surface area contributed by atoms with Crippen LogP contribution in [0.3, 0.4) is 0 Å². The maximum absolute atomic E-state index is 13.1. The Morgan fingerprint density at radius 2 is 2.04 bits per heavy atom. The molecule has 7 heteroatoms. The van der Waals surface area contributed by atoms with E-state index in [1.807, 2.05) is 30.3 Å². The summed E-state index contributed by atoms with van der Waals surface area (Å²) in [5, 5.41) is 7.05. The number of nitrogens with one attached hydrogen (secondary N) is 1. The number of anilines is 1. The number of carbonyl (C=O) groups is 1. The van der Waals surface area contributed by atoms with Crippen LogP contribution in [0.2, 0.25) is 0 Å². The molecule has 1 heterocycles. The summed E-state index contributed by atoms with van der Waals surface area (Å²) in [6.07, 6.45) is 1.03. The summed E-state index contributed by atoms with van der Waals surface area (Å²) >= 11 is 3.21. The highest BCUT2D eigenvalue weighted by Gasteiger charge is 2.17. The van der Waals surface area contributed by atoms with E-state index < -0.39 is 6.10 Å². The number of hydrogen-bond acceptors (Lipinski definition) is 3. The van der Waals surface area contributed by atoms with Crippen molar-refractivity contribution in [2.45, 2.75) is 19.6 Å². The van der Waals surface area contributed by atoms with E-state index in [-0.39, 0.29) is 11.7 Å². The van der Waals surface area contributed by atoms with Crippen molar-refractivity contribution in [2.75, 3.05) is 5.32 Å². The molecule has 1 amide bonds. The number of aromatic nitrogens is 2. The first-order valence-corrected chi connectivity index (χ1v) is 8.80. The lowest BCUT2D eigenvalue weighted by atomic mass is 10.2. The average molecular weight is 418 g/mol. The van der Waals surface area contributed by atoms with Crippen molar-refractivity contribution in [1.29, 1.82) is 0 Å². The molecular weight excluding hydrogens is 401 g/mol. The predicted molar refractivity (Wildman–Crippen MR) is 101 cm³/mol. The zero-order chi connectivity index (χ0) is 18.5. The van der Waals surface area contributed by atoms with E-state index in [1.165, 1.54) is 18.2 Å². The molecule has 1 atom stereocenters. The Balaban J connectivity index is 1.59. The second-order valence-electron chi connectivity index (χ2n) is 5.71. The summed E-state index contributed by atoms with van der Waals surface area (Å²) in [4.78, 5) is 12.3. The lowest BCUT2D eigenvalue weighted by molar-refractivity contribution is -0.122. The van der Waals surface area contributed by atoms with Gasteiger partial charge in [0.05, 0.1) is 11.0 Å². The number of amides is 1. The molecule has 0 unspecified atom stereocenters. The molecule has 1 N–H and O–H groups in total. The SMILES string of the molecule is C[C@H](Oc1ccc(F)cc1Br)C(=O)Nc1ccn(Cc2ccccc2)n1. The molecule has 0 saturated heterocycles. The van der Waals surface area contributed by atoms with E-state index in [1.54, 1.807) is 23.9 Å². The summed E-state index contributed by atoms with van der Waals surface area (Å²) in [5.41, 5.74) is 1.12. The van der Waals surface area contributed by atoms with Crippen molar-refractivity contribution >= 4 is 27.7 Å². The molecule has 0 aliphatic carbocycles. The Hall–Kier alpha value is -2.67. The van der Waals surface area contributed by atoms with Crippen LogP contribution in [0.4, 0.5) is 10.2 Å². The molecule has 1 aromatic heterocycles. The second-order valence-corrected chi connectivity index (χ2v) is 6.56. The summed E-state index contributed by atoms with van der Waals surface area (Å²) in [7, 11) is 0. The molecule has 5 nitrogen and oxygen atoms in total. The lowest BCUT2D eigenvalue weighted by Crippen LogP contribution is -2.30. The van der Waals surface area contributed by atoms with E-state index in [2.05, 4.69) is 26.3 Å². The number of nitrogens with zero attached hydrogens (tertiary/aromatic N) is 2. The third-order valence-electron chi connectivity index (χ3n) is 3.65. The second kappa shape index (κ2) is 8.14. The number of rotatable bonds is 6. The van der Waals surface area contributed by atoms with Gasteiger partial charge in [-0.25, -0.2) is 4.39 Å². The fourth-order valence-corrected chi connectivity index (χ4v) is 2.77. The monoisotopic (exact) mass is 417 g/mol. The normalized spacial score (nSPS) is 11.8. The van der Waals surface area contributed by atoms with Gasteiger partial charge in [0, 0.05) is 12.3 Å². The van der Waals surface area contributed by atoms with Crippen LogP contribution in [-0.2, 0) is 11.3 Å². The van der Waals surface area contributed by atoms with Crippen LogP contribution < -0.4 is 10.1 Å². The summed E-state index contributed by atoms with van der Waals surface area (Å²) in [6, 6.07) is 15.7. The first kappa shape index (κ1) is 18.1. The number of benzene rings is 2. The smallest absolute Gasteiger partial charge is 0.266 e. The molecule has 0 aliphatic rings. The molecule has 3 rings (SSSR count). The zero-order valence-electron chi connectivity index (χ0n) is 14.0. The molecule has 0 fully saturated rings. The maximum atomic E-state index is 13.1. The van der Waals surface area contributed by atoms with Gasteiger partial charge in [-0.2, -0.15) is 5.10 Å². The standard InChI is InChI=1S/C19H17BrFN3O2/c1-13(26-17-8-7-15(21)11-16(17)20)19(25)22-18-9-10-24(23-18)12-14-5-3-2-4-6-14/h2-11,13H,12H2,1H3,(H,22,23,25)/t13-/m0/s1. The Bertz CT molecular complexity index is 899. The van der Waals surface area contributed by atoms with Crippen LogP contribution in [0.25, 0.3) is 0 Å². The number of halogens is 2. The van der Waals surface area contributed by atoms with Gasteiger partial charge in [-0.3, -0.25) is 9.48 Å². The number of ether oxygens (including phenoxy) is 1. The van der Waals surface area contributed by atoms with Crippen molar-refractivity contribution in [1.82, 2.24) is 9.78 Å². The molecule has 0 saturated carbocycles. The molecule has 134 valence electrons. The van der Waals surface area contributed by atoms with Crippen LogP contribution in [0.15, 0.2) is 65.3 Å². The van der Waals surface area contributed by atoms with E-state index in [4.69, 9.17) is 4.74 Å². The van der Waals surface area contributed by atoms with Gasteiger partial charge in [0.1, 0.15) is 11.6 Å². The van der Waals surface area contributed by atoms with Crippen molar-refractivity contribution < 1.29 is 13.9 Å². The third kappa shape index (κ3) is 4.70. The third-order valence-corrected chi connectivity index (χ3v) is 4.27. The van der Waals surface area contributed by atoms with Gasteiger partial charge in [0.15, 0.2) is 11.9 Å². The van der Waals surface area contributed by atoms with Crippen molar-refractivity contribution in [3.63, 3.8) is 0 Å². The minimum atomic E-state index is -0.768. The van der Waals surface area contributed by atoms with Gasteiger partial charge < -0.3 is 10.1 Å². The quantitative estimate of drug-likeness (QED) is 0.652. The van der Waals surface area contributed by atoms with Gasteiger partial charge in [0.2, 0.25) is 0 Å². The van der Waals surface area contributed by atoms with E-state index in [0.717, 1.165) is 5.56 Å². The molecule has 3 aromatic rings. The topological polar surface area (TPSA) is 56.1 Å². The summed E-state index contributed by atoms with van der Waals surface area (Å²) in [5.74, 6) is 0.111. The highest BCUT2D eigenvalue weighted by molar-refractivity contribution is 9.10. The molecule has 0 aliphatic heterocycles. The average Bonchev–Trinajstić information content (AvgIpc) is 3.05. The van der Waals surface area contributed by atoms with Crippen molar-refractivity contribution in [3.05, 3.63) is 76.6 Å². The van der Waals surface area contributed by atoms with Crippen molar-refractivity contribution in [2.24, 2.45) is 0 Å². The van der Waals surface area contributed by atoms with Gasteiger partial charge in [-0.05, 0) is 46.6 Å². The van der Waals surface area contributed by atoms with Crippen LogP contribution in [0.1, 0.15) is 12.5 Å². The van der Waals surface area contributed by atoms with Gasteiger partial charge >= 0.3 is 0 Å². The highest BCUT2D eigenvalue weighted by Crippen LogP contribution is 2.26. The van der Waals surface area contributed by atoms with Crippen LogP contribution in [0.5, 0.6) is 5.75 Å². The predicted octanol–water partition coefficient (Wildman–Crippen LogP) is 4.24. The molecule has 0 radical (unpaired) electrons. The van der Waals surface area contributed by atoms with E-state index >= 15 is 0 Å². The lowest BCUT2D eigenvalue weighted by Gasteiger charge is -2.15. The fourth-order valence-electron chi connectivity index (χ4n) is 2.33. The van der Waals surface area contributed by atoms with Crippen LogP contribution >= 0.6 is 15.9 Å². The molecule has 2 aromatic carbocycles. The largest absolute Gasteiger partial charge is 0.480 e. The van der Waals surface area contributed by atoms with Gasteiger partial charge in [-0.15, -0.1) is 0 Å². The summed E-state index contributed by atoms with van der Waals surface area (Å²) in [6.45, 7) is 2.23. The van der Waals surface area contributed by atoms with Gasteiger partial charge in [0.25, 0.3) is 5.91 Å². The molecule has 0 spiro atoms. The Labute approximate surface area is 158 Å². The number of hydrogen-bond donors (Lipinski definition) is 1. The Kier molecular flexibility index (Phi) is 5.68. The van der Waals surface area contributed by atoms with Crippen molar-refractivity contribution in [3.8, 4) is 5.75 Å². The van der Waals surface area contributed by atoms with E-state index in [0.29, 0.717) is 22.6 Å². The van der Waals surface area contributed by atoms with Crippen LogP contribution in [-0.4, -0.2) is 21.8 Å². The summed E-state index contributed by atoms with van der Waals surface area (Å²) < 4.78 is 20.9. The first-order valence-electron chi connectivity index (χ1n) is 8.01. The molecule has 0 bridgehead atoms. The maximum Gasteiger partial charge on any atom is 0.266 e. The van der Waals surface area contributed by atoms with E-state index in [9.17, 15) is 9.18 Å². The molecular formula is C19H17BrFN3O2. The minimum absolute atomic E-state index is 0.341. The first-order chi connectivity index (χ1) is 12.5. The number of carbonyl (C=O) groups excluding carboxylic acids is 1. The molecule has 26 heavy (non-hydrogen) atoms. The Morgan fingerprint density at radius 3 is 2.77 bits per heavy atom. The zero-order valence-corrected chi connectivity index (χ0v) is 15.6. The van der Waals surface area contributed by atoms with Gasteiger partial charge in [-0.1, -0.05) is 30.3 Å². The Morgan fingerprint density at radius 1 is 1.27 bits per heavy atom. The fraction of sp³-hybridized carbons (Fsp3) is 0.158.